The molecule has 4 nitrogen and oxygen atoms in total. The monoisotopic (exact) mass is 324 g/mol. The van der Waals surface area contributed by atoms with Gasteiger partial charge in [0, 0.05) is 12.5 Å². The van der Waals surface area contributed by atoms with Crippen LogP contribution < -0.4 is 11.1 Å². The second-order valence-electron chi connectivity index (χ2n) is 6.14. The van der Waals surface area contributed by atoms with Gasteiger partial charge < -0.3 is 11.1 Å². The lowest BCUT2D eigenvalue weighted by molar-refractivity contribution is -0.132. The van der Waals surface area contributed by atoms with Crippen molar-refractivity contribution in [1.29, 1.82) is 0 Å². The van der Waals surface area contributed by atoms with Crippen molar-refractivity contribution < 1.29 is 18.4 Å². The third kappa shape index (κ3) is 4.50. The molecular weight excluding hydrogens is 302 g/mol. The average Bonchev–Trinajstić information content (AvgIpc) is 2.73. The Hall–Kier alpha value is -1.98. The van der Waals surface area contributed by atoms with Crippen molar-refractivity contribution in [3.63, 3.8) is 0 Å². The van der Waals surface area contributed by atoms with Gasteiger partial charge in [-0.15, -0.1) is 0 Å². The number of amides is 2. The number of benzene rings is 1. The van der Waals surface area contributed by atoms with Gasteiger partial charge in [0.25, 0.3) is 0 Å². The second kappa shape index (κ2) is 7.53. The molecule has 6 heteroatoms. The van der Waals surface area contributed by atoms with Crippen molar-refractivity contribution in [2.75, 3.05) is 0 Å². The summed E-state index contributed by atoms with van der Waals surface area (Å²) < 4.78 is 26.4. The van der Waals surface area contributed by atoms with Crippen LogP contribution in [0.4, 0.5) is 8.78 Å². The van der Waals surface area contributed by atoms with Gasteiger partial charge in [0.15, 0.2) is 0 Å². The molecule has 3 N–H and O–H groups in total. The van der Waals surface area contributed by atoms with Crippen LogP contribution in [0, 0.1) is 11.6 Å². The molecule has 0 radical (unpaired) electrons. The maximum atomic E-state index is 13.6. The first-order chi connectivity index (χ1) is 10.9. The molecule has 1 fully saturated rings. The number of hydrogen-bond acceptors (Lipinski definition) is 2. The molecule has 0 heterocycles. The highest BCUT2D eigenvalue weighted by atomic mass is 19.1. The highest BCUT2D eigenvalue weighted by Gasteiger charge is 2.38. The summed E-state index contributed by atoms with van der Waals surface area (Å²) in [5.41, 5.74) is 4.80. The van der Waals surface area contributed by atoms with Gasteiger partial charge in [-0.25, -0.2) is 8.78 Å². The predicted molar refractivity (Wildman–Crippen MR) is 82.4 cm³/mol. The van der Waals surface area contributed by atoms with Gasteiger partial charge >= 0.3 is 0 Å². The fourth-order valence-corrected chi connectivity index (χ4v) is 3.07. The molecule has 1 aromatic rings. The quantitative estimate of drug-likeness (QED) is 0.817. The zero-order valence-corrected chi connectivity index (χ0v) is 13.0. The number of carbonyl (C=O) groups is 2. The molecule has 0 aliphatic heterocycles. The van der Waals surface area contributed by atoms with Crippen molar-refractivity contribution in [2.45, 2.75) is 56.9 Å². The van der Waals surface area contributed by atoms with E-state index in [0.717, 1.165) is 37.8 Å². The third-order valence-corrected chi connectivity index (χ3v) is 4.44. The van der Waals surface area contributed by atoms with Gasteiger partial charge in [0.1, 0.15) is 17.2 Å². The minimum Gasteiger partial charge on any atom is -0.368 e. The number of nitrogens with one attached hydrogen (secondary N) is 1. The number of aryl methyl sites for hydroxylation is 1. The standard InChI is InChI=1S/C17H22F2N2O2/c18-13-7-5-12(14(19)11-13)6-8-15(22)21-17(16(20)23)9-3-1-2-4-10-17/h5,7,11H,1-4,6,8-10H2,(H2,20,23)(H,21,22). The average molecular weight is 324 g/mol. The molecule has 1 aliphatic rings. The second-order valence-corrected chi connectivity index (χ2v) is 6.14. The summed E-state index contributed by atoms with van der Waals surface area (Å²) in [4.78, 5) is 24.0. The normalized spacial score (nSPS) is 17.3. The van der Waals surface area contributed by atoms with Gasteiger partial charge in [0.2, 0.25) is 11.8 Å². The molecule has 0 atom stereocenters. The Balaban J connectivity index is 1.98. The summed E-state index contributed by atoms with van der Waals surface area (Å²) in [6.45, 7) is 0. The molecule has 0 aromatic heterocycles. The number of nitrogens with two attached hydrogens (primary N) is 1. The lowest BCUT2D eigenvalue weighted by Crippen LogP contribution is -2.57. The molecule has 0 bridgehead atoms. The van der Waals surface area contributed by atoms with Gasteiger partial charge in [-0.3, -0.25) is 9.59 Å². The summed E-state index contributed by atoms with van der Waals surface area (Å²) in [7, 11) is 0. The van der Waals surface area contributed by atoms with Crippen molar-refractivity contribution in [2.24, 2.45) is 5.73 Å². The smallest absolute Gasteiger partial charge is 0.243 e. The lowest BCUT2D eigenvalue weighted by atomic mass is 9.89. The van der Waals surface area contributed by atoms with E-state index in [-0.39, 0.29) is 24.3 Å². The highest BCUT2D eigenvalue weighted by Crippen LogP contribution is 2.27. The van der Waals surface area contributed by atoms with E-state index in [4.69, 9.17) is 5.73 Å². The topological polar surface area (TPSA) is 72.2 Å². The lowest BCUT2D eigenvalue weighted by Gasteiger charge is -2.30. The van der Waals surface area contributed by atoms with Crippen LogP contribution in [0.25, 0.3) is 0 Å². The highest BCUT2D eigenvalue weighted by molar-refractivity contribution is 5.90. The van der Waals surface area contributed by atoms with Crippen LogP contribution in [0.3, 0.4) is 0 Å². The molecule has 1 saturated carbocycles. The van der Waals surface area contributed by atoms with Crippen LogP contribution in [0.5, 0.6) is 0 Å². The van der Waals surface area contributed by atoms with Crippen molar-refractivity contribution in [3.8, 4) is 0 Å². The molecule has 0 spiro atoms. The summed E-state index contributed by atoms with van der Waals surface area (Å²) in [5.74, 6) is -2.17. The van der Waals surface area contributed by atoms with Gasteiger partial charge in [-0.2, -0.15) is 0 Å². The first-order valence-corrected chi connectivity index (χ1v) is 7.98. The van der Waals surface area contributed by atoms with Crippen LogP contribution in [0.2, 0.25) is 0 Å². The molecular formula is C17H22F2N2O2. The summed E-state index contributed by atoms with van der Waals surface area (Å²) in [6.07, 6.45) is 4.98. The van der Waals surface area contributed by atoms with E-state index in [0.29, 0.717) is 12.8 Å². The zero-order chi connectivity index (χ0) is 16.9. The van der Waals surface area contributed by atoms with Crippen LogP contribution >= 0.6 is 0 Å². The first-order valence-electron chi connectivity index (χ1n) is 7.98. The number of primary amides is 1. The predicted octanol–water partition coefficient (Wildman–Crippen LogP) is 2.59. The number of halogens is 2. The Bertz CT molecular complexity index is 582. The maximum Gasteiger partial charge on any atom is 0.243 e. The van der Waals surface area contributed by atoms with E-state index in [1.165, 1.54) is 6.07 Å². The Morgan fingerprint density at radius 2 is 1.78 bits per heavy atom. The Morgan fingerprint density at radius 3 is 2.35 bits per heavy atom. The number of carbonyl (C=O) groups excluding carboxylic acids is 2. The molecule has 23 heavy (non-hydrogen) atoms. The third-order valence-electron chi connectivity index (χ3n) is 4.44. The minimum atomic E-state index is -0.991. The van der Waals surface area contributed by atoms with E-state index < -0.39 is 23.1 Å². The van der Waals surface area contributed by atoms with E-state index in [9.17, 15) is 18.4 Å². The zero-order valence-electron chi connectivity index (χ0n) is 13.0. The van der Waals surface area contributed by atoms with E-state index in [1.807, 2.05) is 0 Å². The first kappa shape index (κ1) is 17.4. The van der Waals surface area contributed by atoms with Gasteiger partial charge in [0.05, 0.1) is 0 Å². The van der Waals surface area contributed by atoms with Crippen LogP contribution in [-0.4, -0.2) is 17.4 Å². The maximum absolute atomic E-state index is 13.6. The Labute approximate surface area is 134 Å². The Kier molecular flexibility index (Phi) is 5.69. The van der Waals surface area contributed by atoms with Crippen LogP contribution in [0.15, 0.2) is 18.2 Å². The van der Waals surface area contributed by atoms with Gasteiger partial charge in [-0.1, -0.05) is 31.7 Å². The minimum absolute atomic E-state index is 0.0254. The summed E-state index contributed by atoms with van der Waals surface area (Å²) in [5, 5.41) is 2.76. The van der Waals surface area contributed by atoms with Crippen LogP contribution in [0.1, 0.15) is 50.5 Å². The molecule has 1 aliphatic carbocycles. The fraction of sp³-hybridized carbons (Fsp3) is 0.529. The van der Waals surface area contributed by atoms with E-state index >= 15 is 0 Å². The van der Waals surface area contributed by atoms with E-state index in [2.05, 4.69) is 5.32 Å². The molecule has 2 rings (SSSR count). The van der Waals surface area contributed by atoms with Crippen molar-refractivity contribution in [1.82, 2.24) is 5.32 Å². The molecule has 1 aromatic carbocycles. The summed E-state index contributed by atoms with van der Waals surface area (Å²) in [6, 6.07) is 3.28. The van der Waals surface area contributed by atoms with Crippen molar-refractivity contribution in [3.05, 3.63) is 35.4 Å². The number of rotatable bonds is 5. The Morgan fingerprint density at radius 1 is 1.13 bits per heavy atom. The van der Waals surface area contributed by atoms with Crippen molar-refractivity contribution >= 4 is 11.8 Å². The molecule has 2 amide bonds. The number of hydrogen-bond donors (Lipinski definition) is 2. The molecule has 0 unspecified atom stereocenters. The summed E-state index contributed by atoms with van der Waals surface area (Å²) >= 11 is 0. The van der Waals surface area contributed by atoms with Gasteiger partial charge in [-0.05, 0) is 30.9 Å². The largest absolute Gasteiger partial charge is 0.368 e. The fourth-order valence-electron chi connectivity index (χ4n) is 3.07. The molecule has 0 saturated heterocycles. The van der Waals surface area contributed by atoms with E-state index in [1.54, 1.807) is 0 Å². The van der Waals surface area contributed by atoms with Crippen LogP contribution in [-0.2, 0) is 16.0 Å². The molecule has 126 valence electrons. The SMILES string of the molecule is NC(=O)C1(NC(=O)CCc2ccc(F)cc2F)CCCCCC1.